The van der Waals surface area contributed by atoms with Crippen LogP contribution in [0, 0.1) is 26.7 Å². The molecule has 0 saturated carbocycles. The molecule has 3 aromatic heterocycles. The first-order chi connectivity index (χ1) is 14.7. The lowest BCUT2D eigenvalue weighted by Crippen LogP contribution is -2.13. The molecule has 0 fully saturated rings. The highest BCUT2D eigenvalue weighted by Gasteiger charge is 2.21. The Balaban J connectivity index is 1.90. The van der Waals surface area contributed by atoms with Gasteiger partial charge >= 0.3 is 0 Å². The van der Waals surface area contributed by atoms with E-state index in [2.05, 4.69) is 10.3 Å². The molecule has 3 heterocycles. The summed E-state index contributed by atoms with van der Waals surface area (Å²) in [7, 11) is 1.61. The van der Waals surface area contributed by atoms with Gasteiger partial charge in [-0.25, -0.2) is 4.98 Å². The first-order valence-corrected chi connectivity index (χ1v) is 10.3. The third-order valence-corrected chi connectivity index (χ3v) is 5.73. The van der Waals surface area contributed by atoms with E-state index in [1.807, 2.05) is 39.0 Å². The molecule has 160 valence electrons. The smallest absolute Gasteiger partial charge is 0.204 e. The van der Waals surface area contributed by atoms with Crippen LogP contribution in [0.5, 0.6) is 0 Å². The predicted molar refractivity (Wildman–Crippen MR) is 122 cm³/mol. The van der Waals surface area contributed by atoms with Crippen LogP contribution in [-0.4, -0.2) is 9.55 Å². The highest BCUT2D eigenvalue weighted by Crippen LogP contribution is 2.33. The van der Waals surface area contributed by atoms with E-state index < -0.39 is 5.95 Å². The number of anilines is 1. The van der Waals surface area contributed by atoms with Crippen LogP contribution < -0.4 is 10.7 Å². The summed E-state index contributed by atoms with van der Waals surface area (Å²) in [4.78, 5) is 17.5. The molecule has 5 nitrogen and oxygen atoms in total. The average Bonchev–Trinajstić information content (AvgIpc) is 3.05. The maximum atomic E-state index is 14.6. The topological polar surface area (TPSA) is 60.1 Å². The molecule has 7 heteroatoms. The fraction of sp³-hybridized carbons (Fsp3) is 0.250. The lowest BCUT2D eigenvalue weighted by molar-refractivity contribution is 0.529. The third-order valence-electron chi connectivity index (χ3n) is 5.52. The Morgan fingerprint density at radius 1 is 1.19 bits per heavy atom. The van der Waals surface area contributed by atoms with E-state index in [0.29, 0.717) is 21.7 Å². The van der Waals surface area contributed by atoms with E-state index in [0.717, 1.165) is 22.5 Å². The molecule has 1 aromatic carbocycles. The zero-order valence-electron chi connectivity index (χ0n) is 18.0. The Morgan fingerprint density at radius 2 is 1.94 bits per heavy atom. The van der Waals surface area contributed by atoms with Crippen LogP contribution in [0.25, 0.3) is 22.3 Å². The summed E-state index contributed by atoms with van der Waals surface area (Å²) >= 11 is 5.97. The molecular formula is C24H23ClFN3O2. The maximum Gasteiger partial charge on any atom is 0.204 e. The quantitative estimate of drug-likeness (QED) is 0.391. The fourth-order valence-corrected chi connectivity index (χ4v) is 4.01. The zero-order valence-corrected chi connectivity index (χ0v) is 18.8. The van der Waals surface area contributed by atoms with Crippen molar-refractivity contribution in [1.82, 2.24) is 9.55 Å². The van der Waals surface area contributed by atoms with E-state index in [1.54, 1.807) is 32.3 Å². The minimum absolute atomic E-state index is 0.166. The van der Waals surface area contributed by atoms with Crippen LogP contribution in [0.4, 0.5) is 10.1 Å². The maximum absolute atomic E-state index is 14.6. The molecule has 0 amide bonds. The van der Waals surface area contributed by atoms with Crippen molar-refractivity contribution in [1.29, 1.82) is 0 Å². The number of benzene rings is 1. The molecule has 1 N–H and O–H groups in total. The second-order valence-electron chi connectivity index (χ2n) is 7.88. The average molecular weight is 440 g/mol. The molecule has 0 unspecified atom stereocenters. The minimum atomic E-state index is -0.451. The molecule has 0 radical (unpaired) electrons. The van der Waals surface area contributed by atoms with Crippen molar-refractivity contribution >= 4 is 28.3 Å². The lowest BCUT2D eigenvalue weighted by Gasteiger charge is -2.19. The molecule has 0 bridgehead atoms. The lowest BCUT2D eigenvalue weighted by atomic mass is 9.99. The number of hydrogen-bond acceptors (Lipinski definition) is 4. The zero-order chi connectivity index (χ0) is 22.4. The van der Waals surface area contributed by atoms with E-state index in [4.69, 9.17) is 16.0 Å². The first kappa shape index (κ1) is 21.1. The number of nitrogens with one attached hydrogen (secondary N) is 1. The van der Waals surface area contributed by atoms with Crippen molar-refractivity contribution in [2.24, 2.45) is 7.05 Å². The molecule has 0 spiro atoms. The standard InChI is InChI=1S/C24H23ClFN3O2/c1-12-10-17(14(3)27-19-6-7-20(25)28-15(19)4)23-18(11-12)21(30)13(2)22(31-23)16-8-9-29(5)24(16)26/h6-11,14,27H,1-5H3/t14-/m1/s1. The number of pyridine rings is 1. The molecule has 4 rings (SSSR count). The van der Waals surface area contributed by atoms with Gasteiger partial charge in [-0.05, 0) is 57.5 Å². The third kappa shape index (κ3) is 3.72. The van der Waals surface area contributed by atoms with Gasteiger partial charge in [-0.15, -0.1) is 0 Å². The van der Waals surface area contributed by atoms with Crippen molar-refractivity contribution < 1.29 is 8.81 Å². The molecule has 0 aliphatic carbocycles. The molecule has 31 heavy (non-hydrogen) atoms. The Morgan fingerprint density at radius 3 is 2.58 bits per heavy atom. The first-order valence-electron chi connectivity index (χ1n) is 9.96. The van der Waals surface area contributed by atoms with Gasteiger partial charge in [0.05, 0.1) is 28.4 Å². The van der Waals surface area contributed by atoms with Gasteiger partial charge in [-0.2, -0.15) is 4.39 Å². The predicted octanol–water partition coefficient (Wildman–Crippen LogP) is 6.08. The number of nitrogens with zero attached hydrogens (tertiary/aromatic N) is 2. The number of rotatable bonds is 4. The van der Waals surface area contributed by atoms with Crippen LogP contribution in [0.2, 0.25) is 5.15 Å². The van der Waals surface area contributed by atoms with Crippen molar-refractivity contribution in [3.05, 3.63) is 80.2 Å². The van der Waals surface area contributed by atoms with E-state index in [1.165, 1.54) is 4.57 Å². The molecule has 0 aliphatic heterocycles. The summed E-state index contributed by atoms with van der Waals surface area (Å²) < 4.78 is 22.2. The largest absolute Gasteiger partial charge is 0.455 e. The highest BCUT2D eigenvalue weighted by atomic mass is 35.5. The van der Waals surface area contributed by atoms with Crippen LogP contribution >= 0.6 is 11.6 Å². The Hall–Kier alpha value is -3.12. The van der Waals surface area contributed by atoms with Crippen molar-refractivity contribution in [3.63, 3.8) is 0 Å². The van der Waals surface area contributed by atoms with Crippen LogP contribution in [0.1, 0.15) is 35.3 Å². The summed E-state index contributed by atoms with van der Waals surface area (Å²) in [5.74, 6) is -0.203. The normalized spacial score (nSPS) is 12.4. The van der Waals surface area contributed by atoms with Gasteiger partial charge in [0.2, 0.25) is 5.95 Å². The van der Waals surface area contributed by atoms with E-state index in [-0.39, 0.29) is 22.8 Å². The number of aromatic nitrogens is 2. The Bertz CT molecular complexity index is 1370. The second kappa shape index (κ2) is 7.85. The van der Waals surface area contributed by atoms with Crippen LogP contribution in [0.3, 0.4) is 0 Å². The molecule has 0 saturated heterocycles. The van der Waals surface area contributed by atoms with Gasteiger partial charge in [0.15, 0.2) is 5.43 Å². The van der Waals surface area contributed by atoms with Gasteiger partial charge < -0.3 is 14.3 Å². The molecular weight excluding hydrogens is 417 g/mol. The summed E-state index contributed by atoms with van der Waals surface area (Å²) in [5.41, 5.74) is 4.26. The van der Waals surface area contributed by atoms with E-state index >= 15 is 0 Å². The van der Waals surface area contributed by atoms with Gasteiger partial charge in [0.25, 0.3) is 0 Å². The summed E-state index contributed by atoms with van der Waals surface area (Å²) in [6, 6.07) is 8.78. The Kier molecular flexibility index (Phi) is 5.35. The van der Waals surface area contributed by atoms with Crippen LogP contribution in [-0.2, 0) is 7.05 Å². The van der Waals surface area contributed by atoms with Gasteiger partial charge in [0.1, 0.15) is 16.5 Å². The summed E-state index contributed by atoms with van der Waals surface area (Å²) in [6.07, 6.45) is 1.60. The SMILES string of the molecule is Cc1cc([C@@H](C)Nc2ccc(Cl)nc2C)c2oc(-c3ccn(C)c3F)c(C)c(=O)c2c1. The number of aryl methyl sites for hydroxylation is 3. The molecule has 1 atom stereocenters. The van der Waals surface area contributed by atoms with Crippen molar-refractivity contribution in [3.8, 4) is 11.3 Å². The minimum Gasteiger partial charge on any atom is -0.455 e. The number of halogens is 2. The monoisotopic (exact) mass is 439 g/mol. The van der Waals surface area contributed by atoms with Gasteiger partial charge in [0, 0.05) is 24.4 Å². The molecule has 4 aromatic rings. The van der Waals surface area contributed by atoms with E-state index in [9.17, 15) is 9.18 Å². The summed E-state index contributed by atoms with van der Waals surface area (Å²) in [6.45, 7) is 7.45. The molecule has 0 aliphatic rings. The highest BCUT2D eigenvalue weighted by molar-refractivity contribution is 6.29. The second-order valence-corrected chi connectivity index (χ2v) is 8.27. The number of fused-ring (bicyclic) bond motifs is 1. The van der Waals surface area contributed by atoms with Gasteiger partial charge in [-0.1, -0.05) is 17.7 Å². The summed E-state index contributed by atoms with van der Waals surface area (Å²) in [5, 5.41) is 4.32. The van der Waals surface area contributed by atoms with Crippen LogP contribution in [0.15, 0.2) is 45.7 Å². The number of hydrogen-bond donors (Lipinski definition) is 1. The Labute approximate surface area is 184 Å². The van der Waals surface area contributed by atoms with Crippen molar-refractivity contribution in [2.45, 2.75) is 33.7 Å². The van der Waals surface area contributed by atoms with Crippen molar-refractivity contribution in [2.75, 3.05) is 5.32 Å². The fourth-order valence-electron chi connectivity index (χ4n) is 3.82. The van der Waals surface area contributed by atoms with Gasteiger partial charge in [-0.3, -0.25) is 4.79 Å².